The first kappa shape index (κ1) is 17.6. The molecule has 25 heavy (non-hydrogen) atoms. The summed E-state index contributed by atoms with van der Waals surface area (Å²) in [4.78, 5) is 18.9. The highest BCUT2D eigenvalue weighted by molar-refractivity contribution is 7.10. The second-order valence-corrected chi connectivity index (χ2v) is 8.49. The molecule has 3 rings (SSSR count). The summed E-state index contributed by atoms with van der Waals surface area (Å²) in [6.07, 6.45) is 0. The third kappa shape index (κ3) is 3.31. The van der Waals surface area contributed by atoms with Gasteiger partial charge in [0.2, 0.25) is 0 Å². The maximum absolute atomic E-state index is 13.2. The topological polar surface area (TPSA) is 59.8 Å². The lowest BCUT2D eigenvalue weighted by atomic mass is 9.85. The van der Waals surface area contributed by atoms with Crippen molar-refractivity contribution in [2.24, 2.45) is 12.5 Å². The van der Waals surface area contributed by atoms with Gasteiger partial charge in [-0.1, -0.05) is 26.8 Å². The van der Waals surface area contributed by atoms with Gasteiger partial charge in [-0.05, 0) is 36.8 Å². The molecule has 0 bridgehead atoms. The van der Waals surface area contributed by atoms with Gasteiger partial charge >= 0.3 is 0 Å². The Hall–Kier alpha value is -2.21. The molecule has 1 amide bonds. The summed E-state index contributed by atoms with van der Waals surface area (Å²) in [5, 5.41) is 10.5. The SMILES string of the molecule is Cc1cc(C(=O)NC(c2cccs2)C(C)(C)C)c2c(C)nn(C)c2n1. The number of nitrogens with one attached hydrogen (secondary N) is 1. The Morgan fingerprint density at radius 2 is 2.04 bits per heavy atom. The minimum absolute atomic E-state index is 0.0551. The Balaban J connectivity index is 2.05. The molecule has 3 aromatic rings. The van der Waals surface area contributed by atoms with Gasteiger partial charge in [0.15, 0.2) is 5.65 Å². The highest BCUT2D eigenvalue weighted by Crippen LogP contribution is 2.35. The third-order valence-electron chi connectivity index (χ3n) is 4.31. The van der Waals surface area contributed by atoms with Gasteiger partial charge in [0.25, 0.3) is 5.91 Å². The van der Waals surface area contributed by atoms with Crippen LogP contribution in [0.15, 0.2) is 23.6 Å². The van der Waals surface area contributed by atoms with E-state index in [0.717, 1.165) is 27.3 Å². The van der Waals surface area contributed by atoms with Crippen molar-refractivity contribution >= 4 is 28.3 Å². The van der Waals surface area contributed by atoms with Crippen molar-refractivity contribution in [3.63, 3.8) is 0 Å². The molecule has 0 aliphatic rings. The molecule has 5 nitrogen and oxygen atoms in total. The molecule has 1 N–H and O–H groups in total. The molecule has 1 unspecified atom stereocenters. The van der Waals surface area contributed by atoms with E-state index in [0.29, 0.717) is 5.56 Å². The number of amides is 1. The van der Waals surface area contributed by atoms with Crippen molar-refractivity contribution < 1.29 is 4.79 Å². The van der Waals surface area contributed by atoms with E-state index in [4.69, 9.17) is 0 Å². The van der Waals surface area contributed by atoms with Crippen molar-refractivity contribution in [2.75, 3.05) is 0 Å². The summed E-state index contributed by atoms with van der Waals surface area (Å²) in [7, 11) is 1.85. The predicted octanol–water partition coefficient (Wildman–Crippen LogP) is 4.16. The maximum atomic E-state index is 13.2. The molecule has 0 saturated heterocycles. The number of thiophene rings is 1. The van der Waals surface area contributed by atoms with Gasteiger partial charge in [-0.25, -0.2) is 4.98 Å². The summed E-state index contributed by atoms with van der Waals surface area (Å²) in [6.45, 7) is 10.2. The van der Waals surface area contributed by atoms with Crippen LogP contribution in [-0.2, 0) is 7.05 Å². The third-order valence-corrected chi connectivity index (χ3v) is 5.25. The zero-order chi connectivity index (χ0) is 18.4. The number of carbonyl (C=O) groups is 1. The number of nitrogens with zero attached hydrogens (tertiary/aromatic N) is 3. The lowest BCUT2D eigenvalue weighted by Crippen LogP contribution is -2.36. The molecule has 132 valence electrons. The van der Waals surface area contributed by atoms with E-state index < -0.39 is 0 Å². The van der Waals surface area contributed by atoms with E-state index in [-0.39, 0.29) is 17.4 Å². The lowest BCUT2D eigenvalue weighted by Gasteiger charge is -2.31. The first-order chi connectivity index (χ1) is 11.7. The van der Waals surface area contributed by atoms with E-state index >= 15 is 0 Å². The molecule has 6 heteroatoms. The van der Waals surface area contributed by atoms with Crippen LogP contribution in [0.5, 0.6) is 0 Å². The van der Waals surface area contributed by atoms with E-state index in [1.54, 1.807) is 16.0 Å². The summed E-state index contributed by atoms with van der Waals surface area (Å²) in [5.41, 5.74) is 2.92. The highest BCUT2D eigenvalue weighted by atomic mass is 32.1. The highest BCUT2D eigenvalue weighted by Gasteiger charge is 2.30. The van der Waals surface area contributed by atoms with Crippen LogP contribution in [0.4, 0.5) is 0 Å². The fraction of sp³-hybridized carbons (Fsp3) is 0.421. The normalized spacial score (nSPS) is 13.2. The number of hydrogen-bond acceptors (Lipinski definition) is 4. The fourth-order valence-electron chi connectivity index (χ4n) is 3.13. The molecular formula is C19H24N4OS. The molecule has 3 heterocycles. The van der Waals surface area contributed by atoms with Gasteiger partial charge in [-0.3, -0.25) is 9.48 Å². The van der Waals surface area contributed by atoms with E-state index in [9.17, 15) is 4.79 Å². The molecule has 0 aliphatic heterocycles. The van der Waals surface area contributed by atoms with Crippen LogP contribution in [0.25, 0.3) is 11.0 Å². The van der Waals surface area contributed by atoms with Crippen LogP contribution < -0.4 is 5.32 Å². The van der Waals surface area contributed by atoms with Crippen LogP contribution in [0.1, 0.15) is 53.4 Å². The van der Waals surface area contributed by atoms with Gasteiger partial charge in [0.05, 0.1) is 22.7 Å². The molecule has 0 spiro atoms. The van der Waals surface area contributed by atoms with Crippen LogP contribution in [0.3, 0.4) is 0 Å². The van der Waals surface area contributed by atoms with Crippen LogP contribution in [0.2, 0.25) is 0 Å². The Labute approximate surface area is 152 Å². The Kier molecular flexibility index (Phi) is 4.41. The number of aryl methyl sites for hydroxylation is 3. The first-order valence-electron chi connectivity index (χ1n) is 8.33. The molecule has 1 atom stereocenters. The van der Waals surface area contributed by atoms with Gasteiger partial charge < -0.3 is 5.32 Å². The predicted molar refractivity (Wildman–Crippen MR) is 102 cm³/mol. The second-order valence-electron chi connectivity index (χ2n) is 7.51. The quantitative estimate of drug-likeness (QED) is 0.766. The monoisotopic (exact) mass is 356 g/mol. The van der Waals surface area contributed by atoms with Crippen molar-refractivity contribution in [3.05, 3.63) is 45.4 Å². The van der Waals surface area contributed by atoms with Crippen LogP contribution in [-0.4, -0.2) is 20.7 Å². The number of carbonyl (C=O) groups excluding carboxylic acids is 1. The zero-order valence-electron chi connectivity index (χ0n) is 15.5. The minimum Gasteiger partial charge on any atom is -0.344 e. The van der Waals surface area contributed by atoms with Crippen molar-refractivity contribution in [3.8, 4) is 0 Å². The molecule has 0 saturated carbocycles. The smallest absolute Gasteiger partial charge is 0.252 e. The standard InChI is InChI=1S/C19H24N4OS/c1-11-10-13(15-12(2)22-23(6)17(15)20-11)18(24)21-16(19(3,4)5)14-8-7-9-25-14/h7-10,16H,1-6H3,(H,21,24). The average Bonchev–Trinajstić information content (AvgIpc) is 3.12. The van der Waals surface area contributed by atoms with Gasteiger partial charge in [-0.15, -0.1) is 11.3 Å². The van der Waals surface area contributed by atoms with Crippen LogP contribution >= 0.6 is 11.3 Å². The van der Waals surface area contributed by atoms with Crippen LogP contribution in [0, 0.1) is 19.3 Å². The second kappa shape index (κ2) is 6.26. The fourth-order valence-corrected chi connectivity index (χ4v) is 4.15. The molecule has 0 aromatic carbocycles. The van der Waals surface area contributed by atoms with Crippen molar-refractivity contribution in [2.45, 2.75) is 40.7 Å². The maximum Gasteiger partial charge on any atom is 0.252 e. The number of pyridine rings is 1. The van der Waals surface area contributed by atoms with Gasteiger partial charge in [-0.2, -0.15) is 5.10 Å². The summed E-state index contributed by atoms with van der Waals surface area (Å²) in [5.74, 6) is -0.0834. The first-order valence-corrected chi connectivity index (χ1v) is 9.21. The van der Waals surface area contributed by atoms with Gasteiger partial charge in [0.1, 0.15) is 0 Å². The summed E-state index contributed by atoms with van der Waals surface area (Å²) in [6, 6.07) is 5.88. The number of fused-ring (bicyclic) bond motifs is 1. The Morgan fingerprint density at radius 1 is 1.32 bits per heavy atom. The molecule has 0 aliphatic carbocycles. The largest absolute Gasteiger partial charge is 0.344 e. The van der Waals surface area contributed by atoms with Crippen molar-refractivity contribution in [1.29, 1.82) is 0 Å². The number of hydrogen-bond donors (Lipinski definition) is 1. The Bertz CT molecular complexity index is 919. The van der Waals surface area contributed by atoms with E-state index in [2.05, 4.69) is 42.2 Å². The van der Waals surface area contributed by atoms with E-state index in [1.165, 1.54) is 0 Å². The summed E-state index contributed by atoms with van der Waals surface area (Å²) < 4.78 is 1.73. The molecule has 0 fully saturated rings. The molecule has 3 aromatic heterocycles. The number of aromatic nitrogens is 3. The molecular weight excluding hydrogens is 332 g/mol. The lowest BCUT2D eigenvalue weighted by molar-refractivity contribution is 0.0905. The van der Waals surface area contributed by atoms with Gasteiger partial charge in [0, 0.05) is 17.6 Å². The Morgan fingerprint density at radius 3 is 2.64 bits per heavy atom. The average molecular weight is 356 g/mol. The summed E-state index contributed by atoms with van der Waals surface area (Å²) >= 11 is 1.67. The number of rotatable bonds is 3. The van der Waals surface area contributed by atoms with Crippen molar-refractivity contribution in [1.82, 2.24) is 20.1 Å². The van der Waals surface area contributed by atoms with E-state index in [1.807, 2.05) is 38.4 Å². The molecule has 0 radical (unpaired) electrons. The zero-order valence-corrected chi connectivity index (χ0v) is 16.4. The minimum atomic E-state index is -0.0916.